The average molecular weight is 333 g/mol. The molecule has 3 nitrogen and oxygen atoms in total. The van der Waals surface area contributed by atoms with Gasteiger partial charge < -0.3 is 10.1 Å². The summed E-state index contributed by atoms with van der Waals surface area (Å²) in [6, 6.07) is 5.89. The Hall–Kier alpha value is -0.480. The molecule has 1 aliphatic rings. The minimum absolute atomic E-state index is 0. The van der Waals surface area contributed by atoms with Crippen LogP contribution >= 0.6 is 24.0 Å². The molecule has 0 unspecified atom stereocenters. The van der Waals surface area contributed by atoms with E-state index in [2.05, 4.69) is 16.3 Å². The Kier molecular flexibility index (Phi) is 8.42. The van der Waals surface area contributed by atoms with Gasteiger partial charge in [0.05, 0.1) is 7.11 Å². The molecule has 0 bridgehead atoms. The van der Waals surface area contributed by atoms with Crippen molar-refractivity contribution in [1.29, 1.82) is 0 Å². The quantitative estimate of drug-likeness (QED) is 0.861. The maximum absolute atomic E-state index is 6.28. The molecule has 2 rings (SSSR count). The van der Waals surface area contributed by atoms with E-state index < -0.39 is 0 Å². The van der Waals surface area contributed by atoms with Crippen molar-refractivity contribution in [2.45, 2.75) is 25.8 Å². The van der Waals surface area contributed by atoms with Gasteiger partial charge in [0.15, 0.2) is 0 Å². The van der Waals surface area contributed by atoms with Gasteiger partial charge in [-0.25, -0.2) is 0 Å². The molecule has 0 aromatic heterocycles. The minimum atomic E-state index is 0. The number of ether oxygens (including phenoxy) is 1. The number of rotatable bonds is 6. The van der Waals surface area contributed by atoms with E-state index in [0.29, 0.717) is 0 Å². The van der Waals surface area contributed by atoms with Gasteiger partial charge in [-0.1, -0.05) is 11.6 Å². The molecule has 0 amide bonds. The standard InChI is InChI=1S/C16H25ClN2O.ClH/c1-18-8-5-13-6-9-19(10-7-13)12-14-11-15(20-2)3-4-16(14)17;/h3-4,11,13,18H,5-10,12H2,1-2H3;1H. The number of piperidine rings is 1. The summed E-state index contributed by atoms with van der Waals surface area (Å²) in [5.74, 6) is 1.76. The second-order valence-corrected chi connectivity index (χ2v) is 5.98. The fourth-order valence-electron chi connectivity index (χ4n) is 2.82. The second-order valence-electron chi connectivity index (χ2n) is 5.57. The Balaban J connectivity index is 0.00000220. The summed E-state index contributed by atoms with van der Waals surface area (Å²) in [5.41, 5.74) is 1.17. The van der Waals surface area contributed by atoms with Crippen LogP contribution in [0.5, 0.6) is 5.75 Å². The number of hydrogen-bond donors (Lipinski definition) is 1. The molecule has 1 saturated heterocycles. The fourth-order valence-corrected chi connectivity index (χ4v) is 3.00. The van der Waals surface area contributed by atoms with E-state index in [1.165, 1.54) is 37.9 Å². The van der Waals surface area contributed by atoms with Crippen molar-refractivity contribution >= 4 is 24.0 Å². The number of likely N-dealkylation sites (tertiary alicyclic amines) is 1. The van der Waals surface area contributed by atoms with Crippen LogP contribution in [-0.4, -0.2) is 38.7 Å². The van der Waals surface area contributed by atoms with Crippen molar-refractivity contribution in [2.24, 2.45) is 5.92 Å². The van der Waals surface area contributed by atoms with E-state index in [1.807, 2.05) is 19.2 Å². The molecule has 120 valence electrons. The van der Waals surface area contributed by atoms with Gasteiger partial charge in [0.25, 0.3) is 0 Å². The Labute approximate surface area is 139 Å². The van der Waals surface area contributed by atoms with E-state index in [9.17, 15) is 0 Å². The number of methoxy groups -OCH3 is 1. The highest BCUT2D eigenvalue weighted by atomic mass is 35.5. The molecule has 21 heavy (non-hydrogen) atoms. The molecular weight excluding hydrogens is 307 g/mol. The van der Waals surface area contributed by atoms with Crippen LogP contribution in [0.15, 0.2) is 18.2 Å². The molecule has 0 radical (unpaired) electrons. The number of hydrogen-bond acceptors (Lipinski definition) is 3. The van der Waals surface area contributed by atoms with Gasteiger partial charge in [0, 0.05) is 11.6 Å². The third-order valence-corrected chi connectivity index (χ3v) is 4.53. The lowest BCUT2D eigenvalue weighted by atomic mass is 9.93. The first kappa shape index (κ1) is 18.6. The van der Waals surface area contributed by atoms with E-state index in [0.717, 1.165) is 29.8 Å². The highest BCUT2D eigenvalue weighted by molar-refractivity contribution is 6.31. The summed E-state index contributed by atoms with van der Waals surface area (Å²) in [7, 11) is 3.72. The molecule has 1 N–H and O–H groups in total. The lowest BCUT2D eigenvalue weighted by Gasteiger charge is -2.32. The van der Waals surface area contributed by atoms with Gasteiger partial charge >= 0.3 is 0 Å². The molecular formula is C16H26Cl2N2O. The SMILES string of the molecule is CNCCC1CCN(Cc2cc(OC)ccc2Cl)CC1.Cl. The first-order chi connectivity index (χ1) is 9.72. The van der Waals surface area contributed by atoms with Crippen LogP contribution in [0.25, 0.3) is 0 Å². The molecule has 0 atom stereocenters. The molecule has 1 fully saturated rings. The fraction of sp³-hybridized carbons (Fsp3) is 0.625. The minimum Gasteiger partial charge on any atom is -0.497 e. The lowest BCUT2D eigenvalue weighted by Crippen LogP contribution is -2.34. The van der Waals surface area contributed by atoms with Crippen molar-refractivity contribution in [3.8, 4) is 5.75 Å². The van der Waals surface area contributed by atoms with Crippen LogP contribution in [-0.2, 0) is 6.54 Å². The van der Waals surface area contributed by atoms with Gasteiger partial charge in [-0.2, -0.15) is 0 Å². The summed E-state index contributed by atoms with van der Waals surface area (Å²) in [6.45, 7) is 4.39. The van der Waals surface area contributed by atoms with E-state index in [1.54, 1.807) is 7.11 Å². The summed E-state index contributed by atoms with van der Waals surface area (Å²) in [5, 5.41) is 4.08. The molecule has 1 aromatic carbocycles. The van der Waals surface area contributed by atoms with Gasteiger partial charge in [-0.15, -0.1) is 12.4 Å². The van der Waals surface area contributed by atoms with Crippen LogP contribution in [0, 0.1) is 5.92 Å². The van der Waals surface area contributed by atoms with Gasteiger partial charge in [0.2, 0.25) is 0 Å². The van der Waals surface area contributed by atoms with Crippen LogP contribution in [0.4, 0.5) is 0 Å². The Morgan fingerprint density at radius 1 is 1.33 bits per heavy atom. The predicted octanol–water partition coefficient (Wildman–Crippen LogP) is 3.59. The summed E-state index contributed by atoms with van der Waals surface area (Å²) >= 11 is 6.28. The van der Waals surface area contributed by atoms with Gasteiger partial charge in [0.1, 0.15) is 5.75 Å². The largest absolute Gasteiger partial charge is 0.497 e. The zero-order valence-corrected chi connectivity index (χ0v) is 14.5. The third kappa shape index (κ3) is 5.67. The zero-order valence-electron chi connectivity index (χ0n) is 12.9. The molecule has 1 aromatic rings. The molecule has 1 heterocycles. The van der Waals surface area contributed by atoms with Crippen molar-refractivity contribution in [2.75, 3.05) is 33.8 Å². The van der Waals surface area contributed by atoms with Crippen LogP contribution in [0.2, 0.25) is 5.02 Å². The maximum Gasteiger partial charge on any atom is 0.119 e. The smallest absolute Gasteiger partial charge is 0.119 e. The van der Waals surface area contributed by atoms with Crippen molar-refractivity contribution < 1.29 is 4.74 Å². The molecule has 0 saturated carbocycles. The summed E-state index contributed by atoms with van der Waals surface area (Å²) < 4.78 is 5.28. The van der Waals surface area contributed by atoms with E-state index in [4.69, 9.17) is 16.3 Å². The maximum atomic E-state index is 6.28. The van der Waals surface area contributed by atoms with Crippen molar-refractivity contribution in [3.05, 3.63) is 28.8 Å². The first-order valence-corrected chi connectivity index (χ1v) is 7.80. The molecule has 0 aliphatic carbocycles. The average Bonchev–Trinajstić information content (AvgIpc) is 2.49. The van der Waals surface area contributed by atoms with Gasteiger partial charge in [-0.05, 0) is 75.6 Å². The topological polar surface area (TPSA) is 24.5 Å². The van der Waals surface area contributed by atoms with Crippen LogP contribution < -0.4 is 10.1 Å². The van der Waals surface area contributed by atoms with Crippen LogP contribution in [0.3, 0.4) is 0 Å². The molecule has 5 heteroatoms. The summed E-state index contributed by atoms with van der Waals surface area (Å²) in [6.07, 6.45) is 3.89. The Bertz CT molecular complexity index is 421. The monoisotopic (exact) mass is 332 g/mol. The first-order valence-electron chi connectivity index (χ1n) is 7.42. The number of halogens is 2. The number of benzene rings is 1. The Morgan fingerprint density at radius 2 is 2.05 bits per heavy atom. The summed E-state index contributed by atoms with van der Waals surface area (Å²) in [4.78, 5) is 2.50. The molecule has 1 aliphatic heterocycles. The Morgan fingerprint density at radius 3 is 2.67 bits per heavy atom. The highest BCUT2D eigenvalue weighted by Gasteiger charge is 2.19. The zero-order chi connectivity index (χ0) is 14.4. The van der Waals surface area contributed by atoms with Gasteiger partial charge in [-0.3, -0.25) is 4.90 Å². The predicted molar refractivity (Wildman–Crippen MR) is 91.8 cm³/mol. The number of nitrogens with one attached hydrogen (secondary N) is 1. The third-order valence-electron chi connectivity index (χ3n) is 4.16. The normalized spacial score (nSPS) is 16.5. The lowest BCUT2D eigenvalue weighted by molar-refractivity contribution is 0.172. The van der Waals surface area contributed by atoms with Crippen molar-refractivity contribution in [1.82, 2.24) is 10.2 Å². The van der Waals surface area contributed by atoms with E-state index >= 15 is 0 Å². The van der Waals surface area contributed by atoms with Crippen molar-refractivity contribution in [3.63, 3.8) is 0 Å². The number of nitrogens with zero attached hydrogens (tertiary/aromatic N) is 1. The van der Waals surface area contributed by atoms with E-state index in [-0.39, 0.29) is 12.4 Å². The van der Waals surface area contributed by atoms with Crippen LogP contribution in [0.1, 0.15) is 24.8 Å². The highest BCUT2D eigenvalue weighted by Crippen LogP contribution is 2.26. The second kappa shape index (κ2) is 9.52. The molecule has 0 spiro atoms.